The van der Waals surface area contributed by atoms with Crippen LogP contribution in [0.3, 0.4) is 0 Å². The van der Waals surface area contributed by atoms with E-state index in [1.54, 1.807) is 19.1 Å². The van der Waals surface area contributed by atoms with Gasteiger partial charge in [-0.15, -0.1) is 0 Å². The Balaban J connectivity index is 1.16. The molecule has 0 unspecified atom stereocenters. The zero-order valence-corrected chi connectivity index (χ0v) is 40.7. The van der Waals surface area contributed by atoms with E-state index in [2.05, 4.69) is 150 Å². The molecule has 73 heavy (non-hydrogen) atoms. The minimum Gasteiger partial charge on any atom is -0.309 e. The number of nitrogens with zero attached hydrogens (tertiary/aromatic N) is 4. The van der Waals surface area contributed by atoms with Gasteiger partial charge in [0, 0.05) is 33.0 Å². The summed E-state index contributed by atoms with van der Waals surface area (Å²) in [4.78, 5) is 15.3. The summed E-state index contributed by atoms with van der Waals surface area (Å²) >= 11 is 0. The van der Waals surface area contributed by atoms with Gasteiger partial charge >= 0.3 is 6.18 Å². The maximum atomic E-state index is 14.9. The van der Waals surface area contributed by atoms with Crippen molar-refractivity contribution < 1.29 is 13.2 Å². The van der Waals surface area contributed by atoms with Crippen LogP contribution >= 0.6 is 0 Å². The van der Waals surface area contributed by atoms with Crippen LogP contribution in [0.15, 0.2) is 255 Å². The second-order valence-corrected chi connectivity index (χ2v) is 22.1. The third-order valence-corrected chi connectivity index (χ3v) is 18.7. The van der Waals surface area contributed by atoms with Gasteiger partial charge in [-0.05, 0) is 68.6 Å². The Labute approximate surface area is 422 Å². The van der Waals surface area contributed by atoms with Crippen molar-refractivity contribution >= 4 is 50.6 Å². The third-order valence-electron chi connectivity index (χ3n) is 13.9. The molecule has 0 aliphatic heterocycles. The van der Waals surface area contributed by atoms with Gasteiger partial charge in [0.25, 0.3) is 0 Å². The van der Waals surface area contributed by atoms with Crippen LogP contribution in [0.2, 0.25) is 0 Å². The predicted octanol–water partition coefficient (Wildman–Crippen LogP) is 14.0. The first kappa shape index (κ1) is 45.2. The molecule has 0 fully saturated rings. The van der Waals surface area contributed by atoms with Crippen LogP contribution in [-0.4, -0.2) is 27.6 Å². The quantitative estimate of drug-likeness (QED) is 0.101. The molecule has 0 amide bonds. The van der Waals surface area contributed by atoms with Gasteiger partial charge in [0.15, 0.2) is 25.5 Å². The molecule has 12 rings (SSSR count). The monoisotopic (exact) mass is 966 g/mol. The molecule has 0 bridgehead atoms. The van der Waals surface area contributed by atoms with Crippen LogP contribution in [-0.2, 0) is 6.18 Å². The molecule has 0 aliphatic rings. The predicted molar refractivity (Wildman–Crippen MR) is 295 cm³/mol. The lowest BCUT2D eigenvalue weighted by Crippen LogP contribution is -2.74. The topological polar surface area (TPSA) is 43.6 Å². The van der Waals surface area contributed by atoms with Gasteiger partial charge < -0.3 is 4.57 Å². The van der Waals surface area contributed by atoms with E-state index in [0.717, 1.165) is 55.3 Å². The van der Waals surface area contributed by atoms with Crippen molar-refractivity contribution in [3.63, 3.8) is 0 Å². The molecule has 2 heterocycles. The first-order chi connectivity index (χ1) is 35.7. The molecule has 4 nitrogen and oxygen atoms in total. The number of halogens is 3. The molecule has 8 heteroatoms. The lowest BCUT2D eigenvalue weighted by Gasteiger charge is -2.34. The number of aryl methyl sites for hydroxylation is 1. The normalized spacial score (nSPS) is 11.8. The number of hydrogen-bond donors (Lipinski definition) is 0. The Morgan fingerprint density at radius 3 is 1.38 bits per heavy atom. The molecule has 0 saturated carbocycles. The Bertz CT molecular complexity index is 3800. The summed E-state index contributed by atoms with van der Waals surface area (Å²) in [5.41, 5.74) is 7.26. The summed E-state index contributed by atoms with van der Waals surface area (Å²) in [6.07, 6.45) is -4.56. The van der Waals surface area contributed by atoms with Crippen LogP contribution in [0.4, 0.5) is 13.2 Å². The largest absolute Gasteiger partial charge is 0.417 e. The molecular formula is C65H45F3N4Si. The van der Waals surface area contributed by atoms with Gasteiger partial charge in [-0.2, -0.15) is 13.2 Å². The number of para-hydroxylation sites is 1. The lowest BCUT2D eigenvalue weighted by molar-refractivity contribution is -0.137. The molecule has 0 atom stereocenters. The molecule has 0 radical (unpaired) electrons. The Morgan fingerprint density at radius 2 is 0.808 bits per heavy atom. The summed E-state index contributed by atoms with van der Waals surface area (Å²) < 4.78 is 46.9. The summed E-state index contributed by atoms with van der Waals surface area (Å²) in [6, 6.07) is 86.0. The summed E-state index contributed by atoms with van der Waals surface area (Å²) in [5.74, 6) is 1.55. The molecule has 350 valence electrons. The SMILES string of the molecule is Cc1ccc(-c2ccc3c4ccccc4n(-c4cc(-c5nc(-c6ccccc6)nc(-c6ccccc6)n5)ccc4-c4cccc([Si](c5ccccc5)(c5ccccc5)c5ccccc5)c4)c3c2)c(C(F)(F)F)c1. The van der Waals surface area contributed by atoms with E-state index in [1.165, 1.54) is 26.8 Å². The van der Waals surface area contributed by atoms with Gasteiger partial charge in [0.2, 0.25) is 0 Å². The number of hydrogen-bond acceptors (Lipinski definition) is 3. The Hall–Kier alpha value is -8.98. The fourth-order valence-corrected chi connectivity index (χ4v) is 15.4. The van der Waals surface area contributed by atoms with E-state index in [9.17, 15) is 13.2 Å². The van der Waals surface area contributed by atoms with Gasteiger partial charge in [-0.3, -0.25) is 0 Å². The zero-order valence-electron chi connectivity index (χ0n) is 39.7. The van der Waals surface area contributed by atoms with Crippen molar-refractivity contribution in [2.75, 3.05) is 0 Å². The second-order valence-electron chi connectivity index (χ2n) is 18.3. The molecule has 10 aromatic carbocycles. The minimum absolute atomic E-state index is 0.120. The number of alkyl halides is 3. The third kappa shape index (κ3) is 8.21. The number of fused-ring (bicyclic) bond motifs is 3. The van der Waals surface area contributed by atoms with Gasteiger partial charge in [-0.1, -0.05) is 236 Å². The first-order valence-electron chi connectivity index (χ1n) is 24.2. The fourth-order valence-electron chi connectivity index (χ4n) is 10.6. The van der Waals surface area contributed by atoms with E-state index in [0.29, 0.717) is 28.6 Å². The van der Waals surface area contributed by atoms with Crippen molar-refractivity contribution in [1.29, 1.82) is 0 Å². The smallest absolute Gasteiger partial charge is 0.309 e. The van der Waals surface area contributed by atoms with Crippen molar-refractivity contribution in [2.45, 2.75) is 13.1 Å². The van der Waals surface area contributed by atoms with Crippen molar-refractivity contribution in [3.8, 4) is 62.1 Å². The minimum atomic E-state index is -4.56. The van der Waals surface area contributed by atoms with E-state index >= 15 is 0 Å². The Morgan fingerprint density at radius 1 is 0.356 bits per heavy atom. The highest BCUT2D eigenvalue weighted by atomic mass is 28.3. The highest BCUT2D eigenvalue weighted by molar-refractivity contribution is 7.19. The van der Waals surface area contributed by atoms with Gasteiger partial charge in [0.05, 0.1) is 22.3 Å². The summed E-state index contributed by atoms with van der Waals surface area (Å²) in [6.45, 7) is 1.69. The maximum absolute atomic E-state index is 14.9. The highest BCUT2D eigenvalue weighted by Crippen LogP contribution is 2.42. The molecule has 0 saturated heterocycles. The van der Waals surface area contributed by atoms with E-state index < -0.39 is 19.8 Å². The molecule has 12 aromatic rings. The van der Waals surface area contributed by atoms with Crippen LogP contribution in [0.25, 0.3) is 83.9 Å². The van der Waals surface area contributed by atoms with E-state index in [-0.39, 0.29) is 5.56 Å². The van der Waals surface area contributed by atoms with Crippen LogP contribution in [0, 0.1) is 6.92 Å². The second kappa shape index (κ2) is 18.6. The molecule has 0 aliphatic carbocycles. The summed E-state index contributed by atoms with van der Waals surface area (Å²) in [5, 5.41) is 6.83. The average Bonchev–Trinajstić information content (AvgIpc) is 3.78. The van der Waals surface area contributed by atoms with E-state index in [4.69, 9.17) is 15.0 Å². The molecule has 2 aromatic heterocycles. The zero-order chi connectivity index (χ0) is 49.5. The standard InChI is InChI=1S/C65H45F3N4Si/c1-44-34-37-54(58(40-44)65(66,67)68)48-35-39-57-56-32-17-18-33-59(56)72(61(57)42-48)60-43-49(64-70-62(45-20-7-2-8-21-45)69-63(71-64)46-22-9-3-10-23-46)36-38-55(60)47-24-19-31-53(41-47)73(50-25-11-4-12-26-50,51-27-13-5-14-28-51)52-29-15-6-16-30-52/h2-43H,1H3. The molecular weight excluding hydrogens is 922 g/mol. The lowest BCUT2D eigenvalue weighted by atomic mass is 9.96. The Kier molecular flexibility index (Phi) is 11.5. The number of rotatable bonds is 10. The van der Waals surface area contributed by atoms with Gasteiger partial charge in [-0.25, -0.2) is 15.0 Å². The highest BCUT2D eigenvalue weighted by Gasteiger charge is 2.41. The maximum Gasteiger partial charge on any atom is 0.417 e. The van der Waals surface area contributed by atoms with Crippen molar-refractivity contribution in [3.05, 3.63) is 266 Å². The molecule has 0 N–H and O–H groups in total. The molecule has 0 spiro atoms. The average molecular weight is 967 g/mol. The summed E-state index contributed by atoms with van der Waals surface area (Å²) in [7, 11) is -2.97. The van der Waals surface area contributed by atoms with E-state index in [1.807, 2.05) is 91.0 Å². The fraction of sp³-hybridized carbons (Fsp3) is 0.0308. The van der Waals surface area contributed by atoms with Crippen molar-refractivity contribution in [2.24, 2.45) is 0 Å². The number of benzene rings is 10. The van der Waals surface area contributed by atoms with Crippen LogP contribution < -0.4 is 20.7 Å². The number of aromatic nitrogens is 4. The van der Waals surface area contributed by atoms with Gasteiger partial charge in [0.1, 0.15) is 0 Å². The van der Waals surface area contributed by atoms with Crippen LogP contribution in [0.5, 0.6) is 0 Å². The first-order valence-corrected chi connectivity index (χ1v) is 26.2. The van der Waals surface area contributed by atoms with Crippen LogP contribution in [0.1, 0.15) is 11.1 Å². The van der Waals surface area contributed by atoms with Crippen molar-refractivity contribution in [1.82, 2.24) is 19.5 Å².